The third-order valence-electron chi connectivity index (χ3n) is 4.91. The van der Waals surface area contributed by atoms with Gasteiger partial charge in [-0.2, -0.15) is 0 Å². The summed E-state index contributed by atoms with van der Waals surface area (Å²) in [7, 11) is 0. The van der Waals surface area contributed by atoms with Crippen LogP contribution in [0.5, 0.6) is 0 Å². The smallest absolute Gasteiger partial charge is 0.257 e. The van der Waals surface area contributed by atoms with Crippen molar-refractivity contribution in [2.45, 2.75) is 25.8 Å². The molecule has 1 aliphatic heterocycles. The lowest BCUT2D eigenvalue weighted by Crippen LogP contribution is -2.30. The molecule has 2 heterocycles. The third-order valence-corrected chi connectivity index (χ3v) is 4.91. The van der Waals surface area contributed by atoms with Gasteiger partial charge >= 0.3 is 0 Å². The Balaban J connectivity index is 1.55. The lowest BCUT2D eigenvalue weighted by molar-refractivity contribution is 0.0735. The zero-order valence-corrected chi connectivity index (χ0v) is 14.8. The standard InChI is InChI=1S/C22H21N3O/c1-16-9-11-17(12-10-16)20-8-5-13-25(20)22(26)19-14-23-21(24-15-19)18-6-3-2-4-7-18/h2-4,6-7,9-12,14-15,20H,5,8,13H2,1H3. The number of carbonyl (C=O) groups is 1. The summed E-state index contributed by atoms with van der Waals surface area (Å²) in [5, 5.41) is 0. The molecule has 3 aromatic rings. The zero-order valence-electron chi connectivity index (χ0n) is 14.8. The predicted molar refractivity (Wildman–Crippen MR) is 102 cm³/mol. The van der Waals surface area contributed by atoms with Crippen LogP contribution in [-0.4, -0.2) is 27.3 Å². The van der Waals surface area contributed by atoms with Crippen LogP contribution in [0.1, 0.15) is 40.4 Å². The quantitative estimate of drug-likeness (QED) is 0.707. The summed E-state index contributed by atoms with van der Waals surface area (Å²) in [4.78, 5) is 23.7. The Labute approximate surface area is 153 Å². The van der Waals surface area contributed by atoms with Crippen LogP contribution in [0.3, 0.4) is 0 Å². The minimum atomic E-state index is 0.00712. The van der Waals surface area contributed by atoms with Gasteiger partial charge in [0.2, 0.25) is 0 Å². The van der Waals surface area contributed by atoms with Crippen LogP contribution in [0.2, 0.25) is 0 Å². The molecule has 0 bridgehead atoms. The van der Waals surface area contributed by atoms with E-state index in [0.29, 0.717) is 11.4 Å². The highest BCUT2D eigenvalue weighted by molar-refractivity contribution is 5.94. The Morgan fingerprint density at radius 2 is 1.69 bits per heavy atom. The molecule has 2 aromatic carbocycles. The van der Waals surface area contributed by atoms with Gasteiger partial charge in [-0.3, -0.25) is 4.79 Å². The number of hydrogen-bond acceptors (Lipinski definition) is 3. The number of carbonyl (C=O) groups excluding carboxylic acids is 1. The molecule has 4 heteroatoms. The minimum absolute atomic E-state index is 0.00712. The average molecular weight is 343 g/mol. The summed E-state index contributed by atoms with van der Waals surface area (Å²) in [5.41, 5.74) is 3.92. The van der Waals surface area contributed by atoms with E-state index in [0.717, 1.165) is 24.9 Å². The molecule has 1 amide bonds. The Morgan fingerprint density at radius 3 is 2.38 bits per heavy atom. The van der Waals surface area contributed by atoms with Gasteiger partial charge < -0.3 is 4.90 Å². The Hall–Kier alpha value is -3.01. The fourth-order valence-electron chi connectivity index (χ4n) is 3.49. The van der Waals surface area contributed by atoms with Crippen LogP contribution in [0.4, 0.5) is 0 Å². The van der Waals surface area contributed by atoms with Gasteiger partial charge in [0.1, 0.15) is 0 Å². The Morgan fingerprint density at radius 1 is 1.00 bits per heavy atom. The first-order chi connectivity index (χ1) is 12.7. The van der Waals surface area contributed by atoms with Crippen LogP contribution >= 0.6 is 0 Å². The molecule has 0 spiro atoms. The normalized spacial score (nSPS) is 16.7. The lowest BCUT2D eigenvalue weighted by Gasteiger charge is -2.25. The largest absolute Gasteiger partial charge is 0.332 e. The SMILES string of the molecule is Cc1ccc(C2CCCN2C(=O)c2cnc(-c3ccccc3)nc2)cc1. The van der Waals surface area contributed by atoms with Crippen LogP contribution in [0.15, 0.2) is 67.0 Å². The number of rotatable bonds is 3. The maximum atomic E-state index is 13.0. The van der Waals surface area contributed by atoms with Gasteiger partial charge in [0.15, 0.2) is 5.82 Å². The fourth-order valence-corrected chi connectivity index (χ4v) is 3.49. The molecule has 4 nitrogen and oxygen atoms in total. The number of hydrogen-bond donors (Lipinski definition) is 0. The van der Waals surface area contributed by atoms with Crippen molar-refractivity contribution in [2.24, 2.45) is 0 Å². The maximum Gasteiger partial charge on any atom is 0.257 e. The number of amides is 1. The van der Waals surface area contributed by atoms with Crippen LogP contribution in [0, 0.1) is 6.92 Å². The molecule has 1 fully saturated rings. The Bertz CT molecular complexity index is 889. The summed E-state index contributed by atoms with van der Waals surface area (Å²) >= 11 is 0. The number of benzene rings is 2. The first kappa shape index (κ1) is 16.5. The average Bonchev–Trinajstić information content (AvgIpc) is 3.19. The molecule has 1 aromatic heterocycles. The van der Waals surface area contributed by atoms with E-state index < -0.39 is 0 Å². The van der Waals surface area contributed by atoms with Crippen LogP contribution in [-0.2, 0) is 0 Å². The van der Waals surface area contributed by atoms with Gasteiger partial charge in [-0.25, -0.2) is 9.97 Å². The number of aryl methyl sites for hydroxylation is 1. The van der Waals surface area contributed by atoms with Gasteiger partial charge in [0.25, 0.3) is 5.91 Å². The van der Waals surface area contributed by atoms with E-state index in [1.165, 1.54) is 11.1 Å². The van der Waals surface area contributed by atoms with Gasteiger partial charge in [0, 0.05) is 24.5 Å². The summed E-state index contributed by atoms with van der Waals surface area (Å²) in [6, 6.07) is 18.4. The van der Waals surface area contributed by atoms with Crippen molar-refractivity contribution in [2.75, 3.05) is 6.54 Å². The molecule has 1 saturated heterocycles. The topological polar surface area (TPSA) is 46.1 Å². The second-order valence-electron chi connectivity index (χ2n) is 6.73. The minimum Gasteiger partial charge on any atom is -0.332 e. The summed E-state index contributed by atoms with van der Waals surface area (Å²) < 4.78 is 0. The van der Waals surface area contributed by atoms with Crippen molar-refractivity contribution >= 4 is 5.91 Å². The van der Waals surface area contributed by atoms with E-state index >= 15 is 0 Å². The van der Waals surface area contributed by atoms with Gasteiger partial charge in [-0.1, -0.05) is 60.2 Å². The highest BCUT2D eigenvalue weighted by Crippen LogP contribution is 2.33. The molecule has 1 atom stereocenters. The molecular formula is C22H21N3O. The molecule has 130 valence electrons. The lowest BCUT2D eigenvalue weighted by atomic mass is 10.0. The van der Waals surface area contributed by atoms with Gasteiger partial charge in [0.05, 0.1) is 11.6 Å². The molecule has 0 aliphatic carbocycles. The van der Waals surface area contributed by atoms with E-state index in [2.05, 4.69) is 41.2 Å². The first-order valence-corrected chi connectivity index (χ1v) is 8.97. The van der Waals surface area contributed by atoms with Crippen LogP contribution < -0.4 is 0 Å². The Kier molecular flexibility index (Phi) is 4.48. The highest BCUT2D eigenvalue weighted by Gasteiger charge is 2.30. The summed E-state index contributed by atoms with van der Waals surface area (Å²) in [5.74, 6) is 0.645. The molecular weight excluding hydrogens is 322 g/mol. The molecule has 26 heavy (non-hydrogen) atoms. The number of nitrogens with zero attached hydrogens (tertiary/aromatic N) is 3. The molecule has 4 rings (SSSR count). The van der Waals surface area contributed by atoms with Crippen molar-refractivity contribution in [3.63, 3.8) is 0 Å². The highest BCUT2D eigenvalue weighted by atomic mass is 16.2. The molecule has 0 saturated carbocycles. The van der Waals surface area contributed by atoms with Crippen LogP contribution in [0.25, 0.3) is 11.4 Å². The van der Waals surface area contributed by atoms with Gasteiger partial charge in [-0.15, -0.1) is 0 Å². The molecule has 1 unspecified atom stereocenters. The van der Waals surface area contributed by atoms with Crippen molar-refractivity contribution < 1.29 is 4.79 Å². The third kappa shape index (κ3) is 3.23. The van der Waals surface area contributed by atoms with E-state index in [4.69, 9.17) is 0 Å². The monoisotopic (exact) mass is 343 g/mol. The number of aromatic nitrogens is 2. The van der Waals surface area contributed by atoms with E-state index in [9.17, 15) is 4.79 Å². The second-order valence-corrected chi connectivity index (χ2v) is 6.73. The second kappa shape index (κ2) is 7.08. The van der Waals surface area contributed by atoms with E-state index in [1.54, 1.807) is 12.4 Å². The van der Waals surface area contributed by atoms with E-state index in [-0.39, 0.29) is 11.9 Å². The number of likely N-dealkylation sites (tertiary alicyclic amines) is 1. The first-order valence-electron chi connectivity index (χ1n) is 8.97. The maximum absolute atomic E-state index is 13.0. The fraction of sp³-hybridized carbons (Fsp3) is 0.227. The van der Waals surface area contributed by atoms with Crippen molar-refractivity contribution in [1.29, 1.82) is 0 Å². The summed E-state index contributed by atoms with van der Waals surface area (Å²) in [6.07, 6.45) is 5.30. The van der Waals surface area contributed by atoms with Crippen molar-refractivity contribution in [3.8, 4) is 11.4 Å². The molecule has 1 aliphatic rings. The molecule has 0 N–H and O–H groups in total. The predicted octanol–water partition coefficient (Wildman–Crippen LogP) is 4.43. The van der Waals surface area contributed by atoms with Gasteiger partial charge in [-0.05, 0) is 25.3 Å². The van der Waals surface area contributed by atoms with Crippen molar-refractivity contribution in [1.82, 2.24) is 14.9 Å². The van der Waals surface area contributed by atoms with Crippen molar-refractivity contribution in [3.05, 3.63) is 83.7 Å². The van der Waals surface area contributed by atoms with E-state index in [1.807, 2.05) is 35.2 Å². The molecule has 0 radical (unpaired) electrons. The summed E-state index contributed by atoms with van der Waals surface area (Å²) in [6.45, 7) is 2.85. The zero-order chi connectivity index (χ0) is 17.9.